The molecule has 0 spiro atoms. The lowest BCUT2D eigenvalue weighted by Crippen LogP contribution is -2.30. The summed E-state index contributed by atoms with van der Waals surface area (Å²) in [4.78, 5) is 11.3. The van der Waals surface area contributed by atoms with Gasteiger partial charge in [-0.3, -0.25) is 4.79 Å². The lowest BCUT2D eigenvalue weighted by Gasteiger charge is -2.24. The van der Waals surface area contributed by atoms with Gasteiger partial charge in [0.05, 0.1) is 5.41 Å². The van der Waals surface area contributed by atoms with E-state index in [1.807, 2.05) is 20.8 Å². The molecular formula is C11H18O2. The van der Waals surface area contributed by atoms with Crippen molar-refractivity contribution in [1.29, 1.82) is 0 Å². The average molecular weight is 182 g/mol. The van der Waals surface area contributed by atoms with E-state index in [-0.39, 0.29) is 11.7 Å². The summed E-state index contributed by atoms with van der Waals surface area (Å²) in [6, 6.07) is 0. The molecule has 13 heavy (non-hydrogen) atoms. The van der Waals surface area contributed by atoms with Gasteiger partial charge in [-0.25, -0.2) is 0 Å². The van der Waals surface area contributed by atoms with Crippen molar-refractivity contribution in [2.24, 2.45) is 11.3 Å². The first-order valence-corrected chi connectivity index (χ1v) is 4.52. The van der Waals surface area contributed by atoms with E-state index in [1.54, 1.807) is 6.92 Å². The van der Waals surface area contributed by atoms with E-state index in [0.29, 0.717) is 0 Å². The van der Waals surface area contributed by atoms with Gasteiger partial charge in [-0.15, -0.1) is 0 Å². The molecule has 0 aliphatic heterocycles. The van der Waals surface area contributed by atoms with Crippen LogP contribution in [0.1, 0.15) is 34.6 Å². The Hall–Kier alpha value is -0.810. The lowest BCUT2D eigenvalue weighted by molar-refractivity contribution is -0.124. The zero-order chi connectivity index (χ0) is 10.6. The van der Waals surface area contributed by atoms with Gasteiger partial charge in [-0.1, -0.05) is 25.7 Å². The quantitative estimate of drug-likeness (QED) is 0.659. The van der Waals surface area contributed by atoms with E-state index in [1.165, 1.54) is 6.92 Å². The number of ketones is 1. The van der Waals surface area contributed by atoms with E-state index >= 15 is 0 Å². The predicted octanol–water partition coefficient (Wildman–Crippen LogP) is 1.62. The summed E-state index contributed by atoms with van der Waals surface area (Å²) in [5.41, 5.74) is -0.628. The molecule has 2 heteroatoms. The van der Waals surface area contributed by atoms with Crippen molar-refractivity contribution < 1.29 is 9.90 Å². The van der Waals surface area contributed by atoms with Crippen LogP contribution in [0.5, 0.6) is 0 Å². The topological polar surface area (TPSA) is 37.3 Å². The second-order valence-electron chi connectivity index (χ2n) is 3.86. The maximum Gasteiger partial charge on any atom is 0.147 e. The van der Waals surface area contributed by atoms with Crippen molar-refractivity contribution in [3.63, 3.8) is 0 Å². The van der Waals surface area contributed by atoms with Gasteiger partial charge >= 0.3 is 0 Å². The lowest BCUT2D eigenvalue weighted by atomic mass is 9.76. The molecule has 0 saturated carbocycles. The van der Waals surface area contributed by atoms with E-state index in [9.17, 15) is 4.79 Å². The molecule has 0 aliphatic carbocycles. The van der Waals surface area contributed by atoms with Crippen molar-refractivity contribution >= 4 is 5.78 Å². The number of aliphatic hydroxyl groups excluding tert-OH is 1. The summed E-state index contributed by atoms with van der Waals surface area (Å²) in [7, 11) is 0. The Morgan fingerprint density at radius 3 is 2.08 bits per heavy atom. The SMILES string of the molecule is CC(=O)C(C)(C#CC(C)O)C(C)C. The summed E-state index contributed by atoms with van der Waals surface area (Å²) in [5, 5.41) is 8.99. The van der Waals surface area contributed by atoms with E-state index < -0.39 is 11.5 Å². The first-order chi connectivity index (χ1) is 5.80. The van der Waals surface area contributed by atoms with Gasteiger partial charge in [0.1, 0.15) is 11.9 Å². The third kappa shape index (κ3) is 3.20. The van der Waals surface area contributed by atoms with Crippen LogP contribution >= 0.6 is 0 Å². The Balaban J connectivity index is 4.86. The molecule has 0 saturated heterocycles. The first kappa shape index (κ1) is 12.2. The number of aliphatic hydroxyl groups is 1. The number of rotatable bonds is 2. The van der Waals surface area contributed by atoms with Crippen LogP contribution in [-0.4, -0.2) is 17.0 Å². The van der Waals surface area contributed by atoms with E-state index in [0.717, 1.165) is 0 Å². The molecular weight excluding hydrogens is 164 g/mol. The highest BCUT2D eigenvalue weighted by molar-refractivity contribution is 5.85. The van der Waals surface area contributed by atoms with Gasteiger partial charge in [0, 0.05) is 0 Å². The third-order valence-electron chi connectivity index (χ3n) is 2.43. The van der Waals surface area contributed by atoms with Crippen LogP contribution in [0.2, 0.25) is 0 Å². The molecule has 2 nitrogen and oxygen atoms in total. The highest BCUT2D eigenvalue weighted by Crippen LogP contribution is 2.26. The minimum atomic E-state index is -0.669. The Morgan fingerprint density at radius 1 is 1.38 bits per heavy atom. The zero-order valence-corrected chi connectivity index (χ0v) is 9.01. The van der Waals surface area contributed by atoms with Crippen molar-refractivity contribution in [1.82, 2.24) is 0 Å². The second kappa shape index (κ2) is 4.43. The normalized spacial score (nSPS) is 17.2. The molecule has 0 aromatic carbocycles. The van der Waals surface area contributed by atoms with Crippen molar-refractivity contribution in [3.05, 3.63) is 0 Å². The van der Waals surface area contributed by atoms with Crippen LogP contribution in [0, 0.1) is 23.2 Å². The van der Waals surface area contributed by atoms with Crippen molar-refractivity contribution in [2.75, 3.05) is 0 Å². The summed E-state index contributed by atoms with van der Waals surface area (Å²) in [6.07, 6.45) is -0.669. The average Bonchev–Trinajstić information content (AvgIpc) is 1.99. The van der Waals surface area contributed by atoms with Gasteiger partial charge in [0.25, 0.3) is 0 Å². The summed E-state index contributed by atoms with van der Waals surface area (Å²) in [5.74, 6) is 5.69. The van der Waals surface area contributed by atoms with Crippen LogP contribution in [0.25, 0.3) is 0 Å². The van der Waals surface area contributed by atoms with Gasteiger partial charge < -0.3 is 5.11 Å². The van der Waals surface area contributed by atoms with E-state index in [4.69, 9.17) is 5.11 Å². The van der Waals surface area contributed by atoms with E-state index in [2.05, 4.69) is 11.8 Å². The smallest absolute Gasteiger partial charge is 0.147 e. The minimum absolute atomic E-state index is 0.0515. The largest absolute Gasteiger partial charge is 0.381 e. The molecule has 0 aromatic rings. The molecule has 2 unspecified atom stereocenters. The Morgan fingerprint density at radius 2 is 1.85 bits per heavy atom. The monoisotopic (exact) mass is 182 g/mol. The van der Waals surface area contributed by atoms with Crippen LogP contribution in [0.15, 0.2) is 0 Å². The number of Topliss-reactive ketones (excluding diaryl/α,β-unsaturated/α-hetero) is 1. The van der Waals surface area contributed by atoms with Crippen molar-refractivity contribution in [3.8, 4) is 11.8 Å². The third-order valence-corrected chi connectivity index (χ3v) is 2.43. The van der Waals surface area contributed by atoms with Crippen LogP contribution < -0.4 is 0 Å². The maximum atomic E-state index is 11.3. The predicted molar refractivity (Wildman–Crippen MR) is 53.1 cm³/mol. The molecule has 0 bridgehead atoms. The Kier molecular flexibility index (Phi) is 4.16. The number of hydrogen-bond acceptors (Lipinski definition) is 2. The van der Waals surface area contributed by atoms with Gasteiger partial charge in [-0.2, -0.15) is 0 Å². The maximum absolute atomic E-state index is 11.3. The summed E-state index contributed by atoms with van der Waals surface area (Å²) in [6.45, 7) is 8.86. The second-order valence-corrected chi connectivity index (χ2v) is 3.86. The number of carbonyl (C=O) groups is 1. The molecule has 2 atom stereocenters. The molecule has 0 aliphatic rings. The highest BCUT2D eigenvalue weighted by Gasteiger charge is 2.31. The first-order valence-electron chi connectivity index (χ1n) is 4.52. The fraction of sp³-hybridized carbons (Fsp3) is 0.727. The van der Waals surface area contributed by atoms with Gasteiger partial charge in [-0.05, 0) is 26.7 Å². The summed E-state index contributed by atoms with van der Waals surface area (Å²) < 4.78 is 0. The van der Waals surface area contributed by atoms with Gasteiger partial charge in [0.15, 0.2) is 0 Å². The van der Waals surface area contributed by atoms with Crippen LogP contribution in [-0.2, 0) is 4.79 Å². The van der Waals surface area contributed by atoms with Crippen molar-refractivity contribution in [2.45, 2.75) is 40.7 Å². The fourth-order valence-electron chi connectivity index (χ4n) is 0.893. The minimum Gasteiger partial charge on any atom is -0.381 e. The summed E-state index contributed by atoms with van der Waals surface area (Å²) >= 11 is 0. The van der Waals surface area contributed by atoms with Crippen LogP contribution in [0.3, 0.4) is 0 Å². The molecule has 0 amide bonds. The number of carbonyl (C=O) groups excluding carboxylic acids is 1. The Labute approximate surface area is 80.3 Å². The Bertz CT molecular complexity index is 243. The fourth-order valence-corrected chi connectivity index (χ4v) is 0.893. The standard InChI is InChI=1S/C11H18O2/c1-8(2)11(5,10(4)13)7-6-9(3)12/h8-9,12H,1-5H3. The molecule has 0 aromatic heterocycles. The molecule has 0 radical (unpaired) electrons. The van der Waals surface area contributed by atoms with Crippen LogP contribution in [0.4, 0.5) is 0 Å². The molecule has 0 heterocycles. The molecule has 1 N–H and O–H groups in total. The zero-order valence-electron chi connectivity index (χ0n) is 9.01. The molecule has 0 fully saturated rings. The molecule has 74 valence electrons. The highest BCUT2D eigenvalue weighted by atomic mass is 16.3. The molecule has 0 rings (SSSR count). The number of hydrogen-bond donors (Lipinski definition) is 1. The van der Waals surface area contributed by atoms with Gasteiger partial charge in [0.2, 0.25) is 0 Å².